The number of aliphatic hydroxyl groups is 3. The zero-order valence-corrected chi connectivity index (χ0v) is 20.2. The summed E-state index contributed by atoms with van der Waals surface area (Å²) in [6, 6.07) is 0. The molecular formula is C27H38O6. The highest BCUT2D eigenvalue weighted by Gasteiger charge is 2.76. The molecule has 5 aliphatic carbocycles. The molecule has 1 spiro atoms. The Morgan fingerprint density at radius 2 is 1.88 bits per heavy atom. The second-order valence-corrected chi connectivity index (χ2v) is 12.0. The maximum absolute atomic E-state index is 14.3. The van der Waals surface area contributed by atoms with Crippen LogP contribution in [0.15, 0.2) is 23.3 Å². The van der Waals surface area contributed by atoms with Crippen molar-refractivity contribution in [3.63, 3.8) is 0 Å². The van der Waals surface area contributed by atoms with E-state index in [2.05, 4.69) is 13.8 Å². The number of carbonyl (C=O) groups excluding carboxylic acids is 2. The van der Waals surface area contributed by atoms with Gasteiger partial charge in [-0.2, -0.15) is 0 Å². The third kappa shape index (κ3) is 2.90. The Balaban J connectivity index is 1.60. The monoisotopic (exact) mass is 458 g/mol. The molecule has 33 heavy (non-hydrogen) atoms. The summed E-state index contributed by atoms with van der Waals surface area (Å²) in [4.78, 5) is 27.4. The number of aliphatic hydroxyl groups excluding tert-OH is 2. The van der Waals surface area contributed by atoms with Gasteiger partial charge in [-0.3, -0.25) is 9.59 Å². The van der Waals surface area contributed by atoms with Crippen LogP contribution < -0.4 is 0 Å². The quantitative estimate of drug-likeness (QED) is 0.444. The lowest BCUT2D eigenvalue weighted by Gasteiger charge is -2.49. The van der Waals surface area contributed by atoms with E-state index in [1.54, 1.807) is 19.1 Å². The fourth-order valence-electron chi connectivity index (χ4n) is 8.14. The number of rotatable bonds is 3. The molecule has 3 N–H and O–H groups in total. The summed E-state index contributed by atoms with van der Waals surface area (Å²) in [6.07, 6.45) is 6.21. The highest BCUT2D eigenvalue weighted by Crippen LogP contribution is 2.71. The predicted molar refractivity (Wildman–Crippen MR) is 122 cm³/mol. The Hall–Kier alpha value is -1.50. The number of hydrogen-bond donors (Lipinski definition) is 3. The number of Topliss-reactive ketones (excluding diaryl/α,β-unsaturated/α-hetero) is 1. The van der Waals surface area contributed by atoms with Crippen molar-refractivity contribution in [3.8, 4) is 0 Å². The van der Waals surface area contributed by atoms with Gasteiger partial charge in [0.1, 0.15) is 6.10 Å². The summed E-state index contributed by atoms with van der Waals surface area (Å²) in [5.74, 6) is -0.992. The average molecular weight is 459 g/mol. The van der Waals surface area contributed by atoms with Crippen LogP contribution in [0.3, 0.4) is 0 Å². The van der Waals surface area contributed by atoms with Crippen molar-refractivity contribution < 1.29 is 29.6 Å². The van der Waals surface area contributed by atoms with Gasteiger partial charge in [0, 0.05) is 5.92 Å². The van der Waals surface area contributed by atoms with E-state index >= 15 is 0 Å². The lowest BCUT2D eigenvalue weighted by molar-refractivity contribution is -0.205. The maximum Gasteiger partial charge on any atom is 0.309 e. The Kier molecular flexibility index (Phi) is 5.28. The zero-order chi connectivity index (χ0) is 23.9. The molecule has 0 radical (unpaired) electrons. The fraction of sp³-hybridized carbons (Fsp3) is 0.778. The molecule has 0 heterocycles. The molecule has 3 saturated carbocycles. The van der Waals surface area contributed by atoms with Gasteiger partial charge >= 0.3 is 5.97 Å². The number of ether oxygens (including phenoxy) is 1. The van der Waals surface area contributed by atoms with Crippen molar-refractivity contribution in [2.75, 3.05) is 6.61 Å². The van der Waals surface area contributed by atoms with E-state index < -0.39 is 35.7 Å². The summed E-state index contributed by atoms with van der Waals surface area (Å²) in [5, 5.41) is 34.1. The topological polar surface area (TPSA) is 104 Å². The number of hydrogen-bond acceptors (Lipinski definition) is 6. The fourth-order valence-corrected chi connectivity index (χ4v) is 8.14. The summed E-state index contributed by atoms with van der Waals surface area (Å²) >= 11 is 0. The van der Waals surface area contributed by atoms with Crippen LogP contribution in [0.1, 0.15) is 66.2 Å². The lowest BCUT2D eigenvalue weighted by atomic mass is 9.59. The van der Waals surface area contributed by atoms with E-state index in [0.29, 0.717) is 11.5 Å². The van der Waals surface area contributed by atoms with Crippen LogP contribution in [0.2, 0.25) is 0 Å². The summed E-state index contributed by atoms with van der Waals surface area (Å²) in [5.41, 5.74) is -2.56. The molecule has 3 fully saturated rings. The minimum absolute atomic E-state index is 0.00904. The van der Waals surface area contributed by atoms with Crippen molar-refractivity contribution in [3.05, 3.63) is 23.3 Å². The van der Waals surface area contributed by atoms with Crippen LogP contribution >= 0.6 is 0 Å². The molecular weight excluding hydrogens is 420 g/mol. The Morgan fingerprint density at radius 1 is 1.21 bits per heavy atom. The van der Waals surface area contributed by atoms with Crippen LogP contribution in [-0.4, -0.2) is 51.5 Å². The molecule has 0 aromatic heterocycles. The third-order valence-electron chi connectivity index (χ3n) is 10.1. The number of carbonyl (C=O) groups is 2. The number of ketones is 1. The van der Waals surface area contributed by atoms with Gasteiger partial charge in [-0.05, 0) is 60.5 Å². The van der Waals surface area contributed by atoms with Crippen molar-refractivity contribution >= 4 is 11.8 Å². The van der Waals surface area contributed by atoms with Crippen molar-refractivity contribution in [1.82, 2.24) is 0 Å². The predicted octanol–water partition coefficient (Wildman–Crippen LogP) is 2.95. The van der Waals surface area contributed by atoms with Gasteiger partial charge in [0.05, 0.1) is 17.9 Å². The van der Waals surface area contributed by atoms with Crippen molar-refractivity contribution in [1.29, 1.82) is 0 Å². The first-order valence-corrected chi connectivity index (χ1v) is 12.7. The Labute approximate surface area is 196 Å². The number of fused-ring (bicyclic) bond motifs is 3. The molecule has 6 heteroatoms. The van der Waals surface area contributed by atoms with Gasteiger partial charge in [-0.25, -0.2) is 0 Å². The largest absolute Gasteiger partial charge is 0.454 e. The normalized spacial score (nSPS) is 46.3. The van der Waals surface area contributed by atoms with E-state index in [4.69, 9.17) is 4.74 Å². The highest BCUT2D eigenvalue weighted by atomic mass is 16.6. The maximum atomic E-state index is 14.3. The molecule has 5 aliphatic rings. The summed E-state index contributed by atoms with van der Waals surface area (Å²) < 4.78 is 5.98. The van der Waals surface area contributed by atoms with Crippen molar-refractivity contribution in [2.45, 2.75) is 84.0 Å². The van der Waals surface area contributed by atoms with Gasteiger partial charge in [0.2, 0.25) is 0 Å². The van der Waals surface area contributed by atoms with Crippen LogP contribution in [0, 0.1) is 40.4 Å². The number of allylic oxidation sites excluding steroid dienone is 1. The smallest absolute Gasteiger partial charge is 0.309 e. The SMILES string of the molecule is CC1=C[C@]23C(=O)C(C=C(CO)[C@@H](O)[C@]2(O)[C@H]1OC(=O)C1CCCCC1)[C@H]1[C@@H](C[C@H]3C)C1(C)C. The van der Waals surface area contributed by atoms with Gasteiger partial charge in [0.25, 0.3) is 0 Å². The molecule has 0 aromatic carbocycles. The van der Waals surface area contributed by atoms with Gasteiger partial charge in [-0.1, -0.05) is 52.2 Å². The van der Waals surface area contributed by atoms with E-state index in [0.717, 1.165) is 38.5 Å². The Morgan fingerprint density at radius 3 is 2.52 bits per heavy atom. The van der Waals surface area contributed by atoms with Crippen LogP contribution in [0.25, 0.3) is 0 Å². The Bertz CT molecular complexity index is 927. The molecule has 182 valence electrons. The van der Waals surface area contributed by atoms with Gasteiger partial charge in [-0.15, -0.1) is 0 Å². The molecule has 8 atom stereocenters. The van der Waals surface area contributed by atoms with Crippen LogP contribution in [0.4, 0.5) is 0 Å². The van der Waals surface area contributed by atoms with Gasteiger partial charge < -0.3 is 20.1 Å². The van der Waals surface area contributed by atoms with Crippen LogP contribution in [-0.2, 0) is 14.3 Å². The first-order chi connectivity index (χ1) is 15.5. The molecule has 0 aliphatic heterocycles. The molecule has 1 unspecified atom stereocenters. The van der Waals surface area contributed by atoms with Crippen LogP contribution in [0.5, 0.6) is 0 Å². The lowest BCUT2D eigenvalue weighted by Crippen LogP contribution is -2.66. The second-order valence-electron chi connectivity index (χ2n) is 12.0. The van der Waals surface area contributed by atoms with Gasteiger partial charge in [0.15, 0.2) is 17.5 Å². The first-order valence-electron chi connectivity index (χ1n) is 12.7. The molecule has 0 amide bonds. The molecule has 5 rings (SSSR count). The minimum atomic E-state index is -2.04. The molecule has 0 saturated heterocycles. The van der Waals surface area contributed by atoms with E-state index in [9.17, 15) is 24.9 Å². The first kappa shape index (κ1) is 23.3. The zero-order valence-electron chi connectivity index (χ0n) is 20.2. The third-order valence-corrected chi connectivity index (χ3v) is 10.1. The highest BCUT2D eigenvalue weighted by molar-refractivity contribution is 5.95. The summed E-state index contributed by atoms with van der Waals surface area (Å²) in [7, 11) is 0. The molecule has 6 nitrogen and oxygen atoms in total. The van der Waals surface area contributed by atoms with E-state index in [1.165, 1.54) is 0 Å². The van der Waals surface area contributed by atoms with Crippen molar-refractivity contribution in [2.24, 2.45) is 40.4 Å². The standard InChI is InChI=1S/C27H38O6/c1-14-12-26-15(2)10-19-20(25(19,3)4)18(22(26)30)11-17(13-28)21(29)27(26,32)23(14)33-24(31)16-8-6-5-7-9-16/h11-12,15-16,18-21,23,28-29,32H,5-10,13H2,1-4H3/t15-,18?,19-,20+,21-,23+,26+,27+/m1/s1. The number of esters is 1. The second kappa shape index (κ2) is 7.50. The molecule has 0 aromatic rings. The average Bonchev–Trinajstić information content (AvgIpc) is 3.28. The van der Waals surface area contributed by atoms with E-state index in [1.807, 2.05) is 6.92 Å². The minimum Gasteiger partial charge on any atom is -0.454 e. The molecule has 2 bridgehead atoms. The summed E-state index contributed by atoms with van der Waals surface area (Å²) in [6.45, 7) is 7.63. The van der Waals surface area contributed by atoms with E-state index in [-0.39, 0.29) is 40.5 Å².